The van der Waals surface area contributed by atoms with Crippen LogP contribution in [0.4, 0.5) is 0 Å². The third-order valence-corrected chi connectivity index (χ3v) is 5.22. The van der Waals surface area contributed by atoms with Crippen molar-refractivity contribution in [1.82, 2.24) is 24.5 Å². The van der Waals surface area contributed by atoms with Gasteiger partial charge in [0.05, 0.1) is 23.5 Å². The van der Waals surface area contributed by atoms with Crippen LogP contribution in [-0.4, -0.2) is 31.6 Å². The molecule has 0 saturated carbocycles. The molecule has 1 N–H and O–H groups in total. The molecular weight excluding hydrogens is 358 g/mol. The van der Waals surface area contributed by atoms with Crippen LogP contribution < -0.4 is 5.32 Å². The van der Waals surface area contributed by atoms with E-state index in [1.54, 1.807) is 11.3 Å². The molecule has 1 amide bonds. The second-order valence-electron chi connectivity index (χ2n) is 6.48. The topological polar surface area (TPSA) is 64.2 Å². The third-order valence-electron chi connectivity index (χ3n) is 4.45. The normalized spacial score (nSPS) is 11.1. The summed E-state index contributed by atoms with van der Waals surface area (Å²) in [6.45, 7) is 2.68. The van der Waals surface area contributed by atoms with Gasteiger partial charge in [-0.3, -0.25) is 9.20 Å². The summed E-state index contributed by atoms with van der Waals surface area (Å²) in [5, 5.41) is 9.55. The molecule has 0 spiro atoms. The van der Waals surface area contributed by atoms with Crippen molar-refractivity contribution in [3.63, 3.8) is 0 Å². The number of carbonyl (C=O) groups excluding carboxylic acids is 1. The van der Waals surface area contributed by atoms with Crippen LogP contribution in [0.15, 0.2) is 54.3 Å². The lowest BCUT2D eigenvalue weighted by molar-refractivity contribution is -0.120. The summed E-state index contributed by atoms with van der Waals surface area (Å²) in [4.78, 5) is 17.5. The van der Waals surface area contributed by atoms with Gasteiger partial charge in [0.2, 0.25) is 5.91 Å². The first-order chi connectivity index (χ1) is 13.2. The van der Waals surface area contributed by atoms with Crippen molar-refractivity contribution < 1.29 is 4.79 Å². The van der Waals surface area contributed by atoms with Crippen molar-refractivity contribution in [2.75, 3.05) is 6.54 Å². The number of nitrogens with one attached hydrogen (secondary N) is 1. The lowest BCUT2D eigenvalue weighted by atomic mass is 10.1. The van der Waals surface area contributed by atoms with Gasteiger partial charge in [-0.25, -0.2) is 9.67 Å². The fourth-order valence-corrected chi connectivity index (χ4v) is 3.77. The quantitative estimate of drug-likeness (QED) is 0.502. The smallest absolute Gasteiger partial charge is 0.226 e. The van der Waals surface area contributed by atoms with Crippen molar-refractivity contribution in [2.45, 2.75) is 26.2 Å². The van der Waals surface area contributed by atoms with E-state index in [0.29, 0.717) is 13.0 Å². The molecule has 0 aliphatic heterocycles. The zero-order valence-electron chi connectivity index (χ0n) is 15.1. The first kappa shape index (κ1) is 17.5. The molecule has 138 valence electrons. The zero-order chi connectivity index (χ0) is 18.6. The van der Waals surface area contributed by atoms with Crippen molar-refractivity contribution in [2.24, 2.45) is 0 Å². The van der Waals surface area contributed by atoms with E-state index in [-0.39, 0.29) is 5.91 Å². The number of hydrogen-bond acceptors (Lipinski definition) is 4. The van der Waals surface area contributed by atoms with Crippen LogP contribution in [0.25, 0.3) is 10.6 Å². The van der Waals surface area contributed by atoms with Crippen molar-refractivity contribution in [3.8, 4) is 5.69 Å². The minimum Gasteiger partial charge on any atom is -0.356 e. The molecule has 6 nitrogen and oxygen atoms in total. The summed E-state index contributed by atoms with van der Waals surface area (Å²) in [7, 11) is 0. The Labute approximate surface area is 161 Å². The highest BCUT2D eigenvalue weighted by molar-refractivity contribution is 7.15. The molecule has 3 heterocycles. The average Bonchev–Trinajstić information content (AvgIpc) is 3.35. The molecule has 0 aliphatic rings. The minimum absolute atomic E-state index is 0.0115. The molecule has 7 heteroatoms. The molecule has 0 atom stereocenters. The predicted molar refractivity (Wildman–Crippen MR) is 106 cm³/mol. The van der Waals surface area contributed by atoms with Crippen LogP contribution in [0.5, 0.6) is 0 Å². The number of benzene rings is 1. The van der Waals surface area contributed by atoms with Gasteiger partial charge in [0.15, 0.2) is 4.96 Å². The van der Waals surface area contributed by atoms with E-state index in [9.17, 15) is 4.79 Å². The molecule has 0 bridgehead atoms. The van der Waals surface area contributed by atoms with Crippen LogP contribution in [0.3, 0.4) is 0 Å². The Bertz CT molecular complexity index is 1020. The second kappa shape index (κ2) is 7.75. The fraction of sp³-hybridized carbons (Fsp3) is 0.250. The highest BCUT2D eigenvalue weighted by Gasteiger charge is 2.09. The van der Waals surface area contributed by atoms with Gasteiger partial charge in [-0.15, -0.1) is 11.3 Å². The number of rotatable bonds is 7. The number of aromatic nitrogens is 4. The molecule has 4 rings (SSSR count). The van der Waals surface area contributed by atoms with Gasteiger partial charge in [0, 0.05) is 30.5 Å². The summed E-state index contributed by atoms with van der Waals surface area (Å²) in [5.41, 5.74) is 4.10. The molecule has 0 unspecified atom stereocenters. The van der Waals surface area contributed by atoms with E-state index >= 15 is 0 Å². The average molecular weight is 379 g/mol. The standard InChI is InChI=1S/C20H21N5OS/c1-15-16(13-25(23-15)18-7-3-2-4-8-18)6-5-9-21-19(26)12-17-14-24-10-11-27-20(24)22-17/h2-4,7-8,10-11,13-14H,5-6,9,12H2,1H3,(H,21,26). The molecular formula is C20H21N5OS. The van der Waals surface area contributed by atoms with E-state index in [1.807, 2.05) is 64.1 Å². The van der Waals surface area contributed by atoms with Gasteiger partial charge >= 0.3 is 0 Å². The predicted octanol–water partition coefficient (Wildman–Crippen LogP) is 3.18. The zero-order valence-corrected chi connectivity index (χ0v) is 15.9. The Morgan fingerprint density at radius 1 is 1.22 bits per heavy atom. The summed E-state index contributed by atoms with van der Waals surface area (Å²) in [6, 6.07) is 10.1. The summed E-state index contributed by atoms with van der Waals surface area (Å²) >= 11 is 1.57. The summed E-state index contributed by atoms with van der Waals surface area (Å²) < 4.78 is 3.86. The SMILES string of the molecule is Cc1nn(-c2ccccc2)cc1CCCNC(=O)Cc1cn2ccsc2n1. The Balaban J connectivity index is 1.25. The molecule has 27 heavy (non-hydrogen) atoms. The number of amides is 1. The fourth-order valence-electron chi connectivity index (χ4n) is 3.05. The van der Waals surface area contributed by atoms with Crippen molar-refractivity contribution in [3.05, 3.63) is 71.3 Å². The Hall–Kier alpha value is -2.93. The van der Waals surface area contributed by atoms with Gasteiger partial charge in [0.1, 0.15) is 0 Å². The lowest BCUT2D eigenvalue weighted by Gasteiger charge is -2.03. The minimum atomic E-state index is 0.0115. The van der Waals surface area contributed by atoms with Crippen molar-refractivity contribution >= 4 is 22.2 Å². The number of fused-ring (bicyclic) bond motifs is 1. The second-order valence-corrected chi connectivity index (χ2v) is 7.35. The van der Waals surface area contributed by atoms with E-state index in [0.717, 1.165) is 34.9 Å². The van der Waals surface area contributed by atoms with E-state index in [4.69, 9.17) is 0 Å². The maximum atomic E-state index is 12.1. The third kappa shape index (κ3) is 4.09. The monoisotopic (exact) mass is 379 g/mol. The summed E-state index contributed by atoms with van der Waals surface area (Å²) in [5.74, 6) is 0.0115. The van der Waals surface area contributed by atoms with Crippen molar-refractivity contribution in [1.29, 1.82) is 0 Å². The van der Waals surface area contributed by atoms with Crippen LogP contribution in [0, 0.1) is 6.92 Å². The molecule has 0 saturated heterocycles. The van der Waals surface area contributed by atoms with Crippen LogP contribution in [0.2, 0.25) is 0 Å². The number of aryl methyl sites for hydroxylation is 2. The van der Waals surface area contributed by atoms with Gasteiger partial charge in [-0.1, -0.05) is 18.2 Å². The maximum absolute atomic E-state index is 12.1. The van der Waals surface area contributed by atoms with Gasteiger partial charge < -0.3 is 5.32 Å². The van der Waals surface area contributed by atoms with Crippen LogP contribution in [0.1, 0.15) is 23.4 Å². The number of imidazole rings is 1. The molecule has 0 aliphatic carbocycles. The van der Waals surface area contributed by atoms with E-state index < -0.39 is 0 Å². The van der Waals surface area contributed by atoms with E-state index in [1.165, 1.54) is 5.56 Å². The molecule has 0 radical (unpaired) electrons. The highest BCUT2D eigenvalue weighted by Crippen LogP contribution is 2.14. The first-order valence-corrected chi connectivity index (χ1v) is 9.85. The van der Waals surface area contributed by atoms with Gasteiger partial charge in [-0.05, 0) is 37.5 Å². The molecule has 1 aromatic carbocycles. The molecule has 4 aromatic rings. The molecule has 0 fully saturated rings. The Morgan fingerprint density at radius 2 is 2.07 bits per heavy atom. The number of para-hydroxylation sites is 1. The van der Waals surface area contributed by atoms with Gasteiger partial charge in [0.25, 0.3) is 0 Å². The van der Waals surface area contributed by atoms with Crippen LogP contribution in [-0.2, 0) is 17.6 Å². The summed E-state index contributed by atoms with van der Waals surface area (Å²) in [6.07, 6.45) is 8.02. The number of carbonyl (C=O) groups is 1. The Kier molecular flexibility index (Phi) is 5.02. The first-order valence-electron chi connectivity index (χ1n) is 8.97. The maximum Gasteiger partial charge on any atom is 0.226 e. The number of nitrogens with zero attached hydrogens (tertiary/aromatic N) is 4. The van der Waals surface area contributed by atoms with Crippen LogP contribution >= 0.6 is 11.3 Å². The Morgan fingerprint density at radius 3 is 2.89 bits per heavy atom. The van der Waals surface area contributed by atoms with Gasteiger partial charge in [-0.2, -0.15) is 5.10 Å². The number of thiazole rings is 1. The highest BCUT2D eigenvalue weighted by atomic mass is 32.1. The van der Waals surface area contributed by atoms with E-state index in [2.05, 4.69) is 21.6 Å². The largest absolute Gasteiger partial charge is 0.356 e. The molecule has 3 aromatic heterocycles. The lowest BCUT2D eigenvalue weighted by Crippen LogP contribution is -2.26. The number of hydrogen-bond donors (Lipinski definition) is 1.